The van der Waals surface area contributed by atoms with Gasteiger partial charge >= 0.3 is 5.97 Å². The van der Waals surface area contributed by atoms with Gasteiger partial charge in [0, 0.05) is 30.2 Å². The molecule has 9 nitrogen and oxygen atoms in total. The van der Waals surface area contributed by atoms with Crippen molar-refractivity contribution in [1.82, 2.24) is 10.6 Å². The maximum absolute atomic E-state index is 14.3. The highest BCUT2D eigenvalue weighted by Gasteiger charge is 2.87. The molecule has 250 valence electrons. The van der Waals surface area contributed by atoms with Gasteiger partial charge in [0.1, 0.15) is 0 Å². The normalized spacial score (nSPS) is 41.4. The lowest BCUT2D eigenvalue weighted by Gasteiger charge is -2.42. The van der Waals surface area contributed by atoms with Crippen molar-refractivity contribution in [3.8, 4) is 0 Å². The van der Waals surface area contributed by atoms with Gasteiger partial charge in [-0.1, -0.05) is 37.5 Å². The molecule has 0 aromatic heterocycles. The van der Waals surface area contributed by atoms with E-state index in [0.717, 1.165) is 82.9 Å². The molecule has 2 aliphatic heterocycles. The number of allylic oxidation sites excluding steroid dienone is 3. The minimum atomic E-state index is -1.90. The third kappa shape index (κ3) is 6.13. The zero-order valence-corrected chi connectivity index (χ0v) is 27.4. The van der Waals surface area contributed by atoms with Crippen LogP contribution < -0.4 is 16.4 Å². The van der Waals surface area contributed by atoms with Crippen LogP contribution in [-0.2, 0) is 23.9 Å². The summed E-state index contributed by atoms with van der Waals surface area (Å²) in [7, 11) is 0. The quantitative estimate of drug-likeness (QED) is 0.117. The summed E-state index contributed by atoms with van der Waals surface area (Å²) in [6.45, 7) is 5.79. The van der Waals surface area contributed by atoms with Crippen molar-refractivity contribution < 1.29 is 29.0 Å². The van der Waals surface area contributed by atoms with Gasteiger partial charge in [-0.3, -0.25) is 9.59 Å². The first kappa shape index (κ1) is 33.0. The van der Waals surface area contributed by atoms with Crippen LogP contribution in [0, 0.1) is 35.5 Å². The van der Waals surface area contributed by atoms with Crippen molar-refractivity contribution in [1.29, 1.82) is 0 Å². The van der Waals surface area contributed by atoms with E-state index in [0.29, 0.717) is 36.2 Å². The molecule has 5 N–H and O–H groups in total. The van der Waals surface area contributed by atoms with Gasteiger partial charge in [-0.05, 0) is 108 Å². The molecular weight excluding hydrogens is 570 g/mol. The minimum Gasteiger partial charge on any atom is -0.463 e. The molecule has 9 heteroatoms. The molecule has 6 rings (SSSR count). The summed E-state index contributed by atoms with van der Waals surface area (Å²) in [6.07, 6.45) is 15.6. The Morgan fingerprint density at radius 1 is 1.13 bits per heavy atom. The van der Waals surface area contributed by atoms with E-state index < -0.39 is 29.0 Å². The lowest BCUT2D eigenvalue weighted by molar-refractivity contribution is -0.160. The van der Waals surface area contributed by atoms with Crippen LogP contribution in [0.15, 0.2) is 23.3 Å². The van der Waals surface area contributed by atoms with E-state index in [2.05, 4.69) is 29.7 Å². The van der Waals surface area contributed by atoms with E-state index in [9.17, 15) is 19.5 Å². The Bertz CT molecular complexity index is 1200. The van der Waals surface area contributed by atoms with Crippen molar-refractivity contribution in [3.63, 3.8) is 0 Å². The number of piperidine rings is 1. The number of aliphatic hydroxyl groups is 1. The second-order valence-corrected chi connectivity index (χ2v) is 15.0. The van der Waals surface area contributed by atoms with Gasteiger partial charge < -0.3 is 30.9 Å². The molecular formula is C36H55N3O6. The van der Waals surface area contributed by atoms with Gasteiger partial charge in [0.25, 0.3) is 5.60 Å². The lowest BCUT2D eigenvalue weighted by Crippen LogP contribution is -2.58. The molecule has 10 atom stereocenters. The number of nitrogens with two attached hydrogens (primary N) is 1. The summed E-state index contributed by atoms with van der Waals surface area (Å²) in [5.74, 6) is -0.305. The van der Waals surface area contributed by atoms with Gasteiger partial charge in [0.15, 0.2) is 17.2 Å². The predicted molar refractivity (Wildman–Crippen MR) is 171 cm³/mol. The van der Waals surface area contributed by atoms with Crippen molar-refractivity contribution in [2.75, 3.05) is 26.3 Å². The first-order valence-electron chi connectivity index (χ1n) is 17.9. The number of hydrogen-bond donors (Lipinski definition) is 4. The van der Waals surface area contributed by atoms with Gasteiger partial charge in [0.2, 0.25) is 0 Å². The van der Waals surface area contributed by atoms with E-state index in [1.54, 1.807) is 0 Å². The van der Waals surface area contributed by atoms with Crippen LogP contribution >= 0.6 is 0 Å². The molecule has 6 aliphatic rings. The number of epoxide rings is 1. The first-order chi connectivity index (χ1) is 21.7. The second kappa shape index (κ2) is 13.7. The summed E-state index contributed by atoms with van der Waals surface area (Å²) in [5, 5.41) is 17.4. The zero-order valence-electron chi connectivity index (χ0n) is 27.4. The molecule has 0 aromatic carbocycles. The molecule has 0 radical (unpaired) electrons. The molecule has 3 saturated carbocycles. The maximum Gasteiger partial charge on any atom is 0.350 e. The smallest absolute Gasteiger partial charge is 0.350 e. The van der Waals surface area contributed by atoms with Gasteiger partial charge in [-0.25, -0.2) is 4.79 Å². The third-order valence-electron chi connectivity index (χ3n) is 12.3. The van der Waals surface area contributed by atoms with Crippen LogP contribution in [-0.4, -0.2) is 72.4 Å². The average Bonchev–Trinajstić information content (AvgIpc) is 3.75. The highest BCUT2D eigenvalue weighted by molar-refractivity contribution is 6.23. The molecule has 4 aliphatic carbocycles. The van der Waals surface area contributed by atoms with Crippen LogP contribution in [0.3, 0.4) is 0 Å². The number of ketones is 2. The maximum atomic E-state index is 14.3. The Morgan fingerprint density at radius 2 is 1.91 bits per heavy atom. The largest absolute Gasteiger partial charge is 0.463 e. The van der Waals surface area contributed by atoms with Gasteiger partial charge in [-0.15, -0.1) is 0 Å². The molecule has 0 bridgehead atoms. The van der Waals surface area contributed by atoms with Crippen LogP contribution in [0.1, 0.15) is 97.3 Å². The number of esters is 1. The summed E-state index contributed by atoms with van der Waals surface area (Å²) < 4.78 is 12.3. The van der Waals surface area contributed by atoms with Crippen molar-refractivity contribution in [2.45, 2.75) is 121 Å². The highest BCUT2D eigenvalue weighted by Crippen LogP contribution is 2.62. The fourth-order valence-corrected chi connectivity index (χ4v) is 9.65. The monoisotopic (exact) mass is 625 g/mol. The molecule has 4 unspecified atom stereocenters. The van der Waals surface area contributed by atoms with Crippen molar-refractivity contribution in [2.24, 2.45) is 41.2 Å². The summed E-state index contributed by atoms with van der Waals surface area (Å²) in [5.41, 5.74) is 4.32. The zero-order chi connectivity index (χ0) is 31.8. The molecule has 0 aromatic rings. The fraction of sp³-hybridized carbons (Fsp3) is 0.806. The SMILES string of the molecule is CCN[C@@H]1C[C@@H]2C=CCC[C@H]2C[C@@H]1COC(=O)[C@]12O[C@@]1(CC(CO)=C(C)CCC1CCNC(N)C1)C(=O)C1CCCCC1C2=O. The summed E-state index contributed by atoms with van der Waals surface area (Å²) >= 11 is 0. The number of nitrogens with one attached hydrogen (secondary N) is 2. The number of hydrogen-bond acceptors (Lipinski definition) is 9. The van der Waals surface area contributed by atoms with Crippen LogP contribution in [0.2, 0.25) is 0 Å². The Balaban J connectivity index is 1.21. The Hall–Kier alpha value is -1.91. The first-order valence-corrected chi connectivity index (χ1v) is 17.9. The predicted octanol–water partition coefficient (Wildman–Crippen LogP) is 3.73. The average molecular weight is 626 g/mol. The number of carbonyl (C=O) groups is 3. The number of fused-ring (bicyclic) bond motifs is 3. The molecule has 5 fully saturated rings. The Morgan fingerprint density at radius 3 is 2.64 bits per heavy atom. The summed E-state index contributed by atoms with van der Waals surface area (Å²) in [6, 6.07) is 0.224. The number of aliphatic hydroxyl groups excluding tert-OH is 1. The second-order valence-electron chi connectivity index (χ2n) is 15.0. The fourth-order valence-electron chi connectivity index (χ4n) is 9.65. The van der Waals surface area contributed by atoms with Gasteiger partial charge in [-0.2, -0.15) is 0 Å². The molecule has 2 heterocycles. The molecule has 0 amide bonds. The number of ether oxygens (including phenoxy) is 2. The highest BCUT2D eigenvalue weighted by atomic mass is 16.7. The third-order valence-corrected chi connectivity index (χ3v) is 12.3. The standard InChI is InChI=1S/C36H55N3O6/c1-3-38-30-18-25-9-5-4-8-24(25)17-26(30)21-44-34(43)36-33(42)29-11-7-6-10-28(29)32(41)35(36,45-36)19-27(20-40)22(2)12-13-23-14-15-39-31(37)16-23/h5,9,23-26,28-31,38-40H,3-4,6-8,10-21,37H2,1-2H3/t23?,24-,25-,26+,28?,29?,30+,31?,35-,36-/m0/s1. The number of Topliss-reactive ketones (excluding diaryl/α,β-unsaturated/α-hetero) is 2. The minimum absolute atomic E-state index is 0.00705. The topological polar surface area (TPSA) is 143 Å². The van der Waals surface area contributed by atoms with E-state index >= 15 is 0 Å². The number of carbonyl (C=O) groups excluding carboxylic acids is 3. The molecule has 45 heavy (non-hydrogen) atoms. The summed E-state index contributed by atoms with van der Waals surface area (Å²) in [4.78, 5) is 42.6. The van der Waals surface area contributed by atoms with E-state index in [4.69, 9.17) is 15.2 Å². The van der Waals surface area contributed by atoms with Crippen molar-refractivity contribution in [3.05, 3.63) is 23.3 Å². The lowest BCUT2D eigenvalue weighted by atomic mass is 9.60. The van der Waals surface area contributed by atoms with E-state index in [-0.39, 0.29) is 49.3 Å². The van der Waals surface area contributed by atoms with Gasteiger partial charge in [0.05, 0.1) is 19.4 Å². The van der Waals surface area contributed by atoms with Crippen LogP contribution in [0.4, 0.5) is 0 Å². The van der Waals surface area contributed by atoms with Crippen LogP contribution in [0.25, 0.3) is 0 Å². The number of rotatable bonds is 11. The van der Waals surface area contributed by atoms with Crippen LogP contribution in [0.5, 0.6) is 0 Å². The molecule has 0 spiro atoms. The Labute approximate surface area is 268 Å². The molecule has 2 saturated heterocycles. The van der Waals surface area contributed by atoms with Crippen molar-refractivity contribution >= 4 is 17.5 Å². The van der Waals surface area contributed by atoms with E-state index in [1.807, 2.05) is 6.92 Å². The Kier molecular flexibility index (Phi) is 10.0. The van der Waals surface area contributed by atoms with E-state index in [1.165, 1.54) is 0 Å².